The standard InChI is InChI=1S/C18H20BrNO/c1-12-9-15(19)5-8-18(12)20-16-6-3-13-4-7-17(21-2)11-14(13)10-16/h4-5,7-9,11,16,20H,3,6,10H2,1-2H3. The van der Waals surface area contributed by atoms with Crippen molar-refractivity contribution in [2.75, 3.05) is 12.4 Å². The van der Waals surface area contributed by atoms with Crippen molar-refractivity contribution in [2.24, 2.45) is 0 Å². The topological polar surface area (TPSA) is 21.3 Å². The van der Waals surface area contributed by atoms with Crippen molar-refractivity contribution in [1.29, 1.82) is 0 Å². The number of benzene rings is 2. The highest BCUT2D eigenvalue weighted by molar-refractivity contribution is 9.10. The molecule has 1 aliphatic rings. The molecule has 2 aromatic carbocycles. The summed E-state index contributed by atoms with van der Waals surface area (Å²) >= 11 is 3.52. The molecule has 1 N–H and O–H groups in total. The minimum Gasteiger partial charge on any atom is -0.497 e. The molecule has 0 aliphatic heterocycles. The van der Waals surface area contributed by atoms with E-state index >= 15 is 0 Å². The lowest BCUT2D eigenvalue weighted by molar-refractivity contribution is 0.413. The maximum absolute atomic E-state index is 5.34. The maximum Gasteiger partial charge on any atom is 0.119 e. The summed E-state index contributed by atoms with van der Waals surface area (Å²) in [6.07, 6.45) is 3.36. The monoisotopic (exact) mass is 345 g/mol. The average Bonchev–Trinajstić information content (AvgIpc) is 2.49. The van der Waals surface area contributed by atoms with E-state index in [2.05, 4.69) is 64.6 Å². The average molecular weight is 346 g/mol. The SMILES string of the molecule is COc1ccc2c(c1)CC(Nc1ccc(Br)cc1C)CC2. The highest BCUT2D eigenvalue weighted by Crippen LogP contribution is 2.28. The van der Waals surface area contributed by atoms with Gasteiger partial charge >= 0.3 is 0 Å². The van der Waals surface area contributed by atoms with Crippen LogP contribution in [0.3, 0.4) is 0 Å². The summed E-state index contributed by atoms with van der Waals surface area (Å²) in [4.78, 5) is 0. The zero-order valence-corrected chi connectivity index (χ0v) is 14.0. The first kappa shape index (κ1) is 14.5. The van der Waals surface area contributed by atoms with Gasteiger partial charge in [-0.3, -0.25) is 0 Å². The van der Waals surface area contributed by atoms with Crippen LogP contribution in [-0.2, 0) is 12.8 Å². The first-order chi connectivity index (χ1) is 10.2. The Morgan fingerprint density at radius 3 is 2.76 bits per heavy atom. The Morgan fingerprint density at radius 2 is 2.00 bits per heavy atom. The largest absolute Gasteiger partial charge is 0.497 e. The van der Waals surface area contributed by atoms with Crippen LogP contribution in [0, 0.1) is 6.92 Å². The second-order valence-electron chi connectivity index (χ2n) is 5.68. The van der Waals surface area contributed by atoms with Gasteiger partial charge in [0, 0.05) is 16.2 Å². The van der Waals surface area contributed by atoms with Crippen molar-refractivity contribution in [3.63, 3.8) is 0 Å². The van der Waals surface area contributed by atoms with Crippen LogP contribution in [-0.4, -0.2) is 13.2 Å². The van der Waals surface area contributed by atoms with Gasteiger partial charge in [-0.1, -0.05) is 22.0 Å². The zero-order valence-electron chi connectivity index (χ0n) is 12.4. The zero-order chi connectivity index (χ0) is 14.8. The molecule has 0 spiro atoms. The Morgan fingerprint density at radius 1 is 1.14 bits per heavy atom. The minimum absolute atomic E-state index is 0.490. The third kappa shape index (κ3) is 3.24. The van der Waals surface area contributed by atoms with E-state index in [0.29, 0.717) is 6.04 Å². The van der Waals surface area contributed by atoms with Crippen molar-refractivity contribution < 1.29 is 4.74 Å². The fraction of sp³-hybridized carbons (Fsp3) is 0.333. The maximum atomic E-state index is 5.34. The summed E-state index contributed by atoms with van der Waals surface area (Å²) in [7, 11) is 1.73. The summed E-state index contributed by atoms with van der Waals surface area (Å²) < 4.78 is 6.47. The van der Waals surface area contributed by atoms with E-state index in [4.69, 9.17) is 4.74 Å². The highest BCUT2D eigenvalue weighted by Gasteiger charge is 2.19. The molecule has 0 saturated heterocycles. The van der Waals surface area contributed by atoms with Crippen molar-refractivity contribution in [1.82, 2.24) is 0 Å². The summed E-state index contributed by atoms with van der Waals surface area (Å²) in [5.41, 5.74) is 5.38. The van der Waals surface area contributed by atoms with Crippen LogP contribution in [0.25, 0.3) is 0 Å². The van der Waals surface area contributed by atoms with E-state index in [0.717, 1.165) is 23.1 Å². The lowest BCUT2D eigenvalue weighted by atomic mass is 9.88. The lowest BCUT2D eigenvalue weighted by Crippen LogP contribution is -2.27. The molecule has 0 saturated carbocycles. The van der Waals surface area contributed by atoms with Gasteiger partial charge in [-0.25, -0.2) is 0 Å². The van der Waals surface area contributed by atoms with E-state index in [1.165, 1.54) is 28.8 Å². The molecule has 3 rings (SSSR count). The van der Waals surface area contributed by atoms with Gasteiger partial charge in [0.05, 0.1) is 7.11 Å². The molecule has 0 radical (unpaired) electrons. The second kappa shape index (κ2) is 6.10. The van der Waals surface area contributed by atoms with E-state index in [1.807, 2.05) is 0 Å². The van der Waals surface area contributed by atoms with Gasteiger partial charge < -0.3 is 10.1 Å². The van der Waals surface area contributed by atoms with Crippen molar-refractivity contribution in [3.8, 4) is 5.75 Å². The van der Waals surface area contributed by atoms with E-state index in [-0.39, 0.29) is 0 Å². The first-order valence-corrected chi connectivity index (χ1v) is 8.13. The Hall–Kier alpha value is -1.48. The molecule has 21 heavy (non-hydrogen) atoms. The molecule has 0 amide bonds. The fourth-order valence-corrected chi connectivity index (χ4v) is 3.47. The van der Waals surface area contributed by atoms with Crippen LogP contribution >= 0.6 is 15.9 Å². The molecule has 2 nitrogen and oxygen atoms in total. The number of methoxy groups -OCH3 is 1. The number of fused-ring (bicyclic) bond motifs is 1. The molecule has 0 bridgehead atoms. The minimum atomic E-state index is 0.490. The summed E-state index contributed by atoms with van der Waals surface area (Å²) in [5.74, 6) is 0.953. The molecule has 0 aromatic heterocycles. The number of hydrogen-bond donors (Lipinski definition) is 1. The van der Waals surface area contributed by atoms with Gasteiger partial charge in [-0.15, -0.1) is 0 Å². The number of ether oxygens (including phenoxy) is 1. The number of halogens is 1. The van der Waals surface area contributed by atoms with Gasteiger partial charge in [0.2, 0.25) is 0 Å². The van der Waals surface area contributed by atoms with E-state index < -0.39 is 0 Å². The molecule has 0 heterocycles. The third-order valence-corrected chi connectivity index (χ3v) is 4.68. The normalized spacial score (nSPS) is 17.2. The molecular weight excluding hydrogens is 326 g/mol. The summed E-state index contributed by atoms with van der Waals surface area (Å²) in [6.45, 7) is 2.15. The predicted molar refractivity (Wildman–Crippen MR) is 91.3 cm³/mol. The van der Waals surface area contributed by atoms with Gasteiger partial charge in [0.15, 0.2) is 0 Å². The first-order valence-electron chi connectivity index (χ1n) is 7.34. The quantitative estimate of drug-likeness (QED) is 0.867. The highest BCUT2D eigenvalue weighted by atomic mass is 79.9. The van der Waals surface area contributed by atoms with Crippen LogP contribution in [0.4, 0.5) is 5.69 Å². The molecule has 110 valence electrons. The molecule has 0 fully saturated rings. The van der Waals surface area contributed by atoms with E-state index in [9.17, 15) is 0 Å². The molecule has 1 aliphatic carbocycles. The number of nitrogens with one attached hydrogen (secondary N) is 1. The molecule has 1 atom stereocenters. The smallest absolute Gasteiger partial charge is 0.119 e. The van der Waals surface area contributed by atoms with Crippen LogP contribution in [0.15, 0.2) is 40.9 Å². The molecule has 1 unspecified atom stereocenters. The van der Waals surface area contributed by atoms with Crippen LogP contribution in [0.1, 0.15) is 23.1 Å². The van der Waals surface area contributed by atoms with Crippen LogP contribution < -0.4 is 10.1 Å². The summed E-state index contributed by atoms with van der Waals surface area (Å²) in [5, 5.41) is 3.69. The van der Waals surface area contributed by atoms with E-state index in [1.54, 1.807) is 7.11 Å². The van der Waals surface area contributed by atoms with Crippen molar-refractivity contribution in [3.05, 3.63) is 57.6 Å². The fourth-order valence-electron chi connectivity index (χ4n) is 2.99. The Labute approximate surface area is 134 Å². The van der Waals surface area contributed by atoms with Gasteiger partial charge in [0.25, 0.3) is 0 Å². The number of rotatable bonds is 3. The van der Waals surface area contributed by atoms with Gasteiger partial charge in [0.1, 0.15) is 5.75 Å². The number of hydrogen-bond acceptors (Lipinski definition) is 2. The van der Waals surface area contributed by atoms with Crippen LogP contribution in [0.5, 0.6) is 5.75 Å². The Balaban J connectivity index is 1.76. The molecule has 2 aromatic rings. The molecular formula is C18H20BrNO. The number of anilines is 1. The Bertz CT molecular complexity index is 654. The predicted octanol–water partition coefficient (Wildman–Crippen LogP) is 4.74. The number of aryl methyl sites for hydroxylation is 2. The summed E-state index contributed by atoms with van der Waals surface area (Å²) in [6, 6.07) is 13.3. The van der Waals surface area contributed by atoms with Crippen LogP contribution in [0.2, 0.25) is 0 Å². The van der Waals surface area contributed by atoms with Crippen molar-refractivity contribution in [2.45, 2.75) is 32.2 Å². The second-order valence-corrected chi connectivity index (χ2v) is 6.59. The third-order valence-electron chi connectivity index (χ3n) is 4.19. The van der Waals surface area contributed by atoms with Crippen molar-refractivity contribution >= 4 is 21.6 Å². The Kier molecular flexibility index (Phi) is 4.20. The van der Waals surface area contributed by atoms with Gasteiger partial charge in [-0.05, 0) is 73.2 Å². The molecule has 3 heteroatoms. The lowest BCUT2D eigenvalue weighted by Gasteiger charge is -2.27. The van der Waals surface area contributed by atoms with Gasteiger partial charge in [-0.2, -0.15) is 0 Å².